The van der Waals surface area contributed by atoms with E-state index in [-0.39, 0.29) is 0 Å². The van der Waals surface area contributed by atoms with Crippen LogP contribution in [0.3, 0.4) is 0 Å². The molecule has 0 aliphatic carbocycles. The molecule has 0 bridgehead atoms. The van der Waals surface area contributed by atoms with Gasteiger partial charge in [-0.25, -0.2) is 0 Å². The Labute approximate surface area is 93.5 Å². The van der Waals surface area contributed by atoms with Crippen molar-refractivity contribution < 1.29 is 0 Å². The second-order valence-corrected chi connectivity index (χ2v) is 5.71. The molecule has 0 aromatic heterocycles. The van der Waals surface area contributed by atoms with Crippen molar-refractivity contribution in [2.24, 2.45) is 0 Å². The predicted octanol–water partition coefficient (Wildman–Crippen LogP) is 4.80. The highest BCUT2D eigenvalue weighted by atomic mass is 32.2. The molecule has 0 fully saturated rings. The van der Waals surface area contributed by atoms with Gasteiger partial charge in [0.05, 0.1) is 0 Å². The quantitative estimate of drug-likeness (QED) is 0.450. The van der Waals surface area contributed by atoms with E-state index in [1.807, 2.05) is 0 Å². The van der Waals surface area contributed by atoms with Crippen LogP contribution in [0.25, 0.3) is 0 Å². The molecule has 1 aliphatic rings. The molecule has 0 N–H and O–H groups in total. The molecular weight excluding hydrogens is 188 g/mol. The summed E-state index contributed by atoms with van der Waals surface area (Å²) < 4.78 is 0. The zero-order chi connectivity index (χ0) is 10.2. The SMILES string of the molecule is CCCCCCCC1CC=C(C)CS1. The van der Waals surface area contributed by atoms with Crippen LogP contribution in [0, 0.1) is 0 Å². The maximum atomic E-state index is 2.44. The summed E-state index contributed by atoms with van der Waals surface area (Å²) in [6, 6.07) is 0. The van der Waals surface area contributed by atoms with Crippen LogP contribution in [0.4, 0.5) is 0 Å². The molecule has 1 aliphatic heterocycles. The van der Waals surface area contributed by atoms with Crippen molar-refractivity contribution >= 4 is 11.8 Å². The third kappa shape index (κ3) is 5.09. The van der Waals surface area contributed by atoms with Crippen molar-refractivity contribution in [1.29, 1.82) is 0 Å². The van der Waals surface area contributed by atoms with Crippen LogP contribution in [0.2, 0.25) is 0 Å². The van der Waals surface area contributed by atoms with Crippen molar-refractivity contribution in [1.82, 2.24) is 0 Å². The van der Waals surface area contributed by atoms with E-state index >= 15 is 0 Å². The minimum Gasteiger partial charge on any atom is -0.154 e. The Morgan fingerprint density at radius 1 is 1.29 bits per heavy atom. The minimum atomic E-state index is 0.931. The molecule has 0 radical (unpaired) electrons. The average molecular weight is 212 g/mol. The zero-order valence-corrected chi connectivity index (χ0v) is 10.5. The smallest absolute Gasteiger partial charge is 0.0143 e. The lowest BCUT2D eigenvalue weighted by molar-refractivity contribution is 0.597. The summed E-state index contributed by atoms with van der Waals surface area (Å²) in [5.74, 6) is 1.28. The van der Waals surface area contributed by atoms with Crippen LogP contribution >= 0.6 is 11.8 Å². The van der Waals surface area contributed by atoms with Gasteiger partial charge in [-0.3, -0.25) is 0 Å². The normalized spacial score (nSPS) is 22.1. The molecule has 0 amide bonds. The van der Waals surface area contributed by atoms with E-state index in [1.54, 1.807) is 5.57 Å². The molecule has 1 rings (SSSR count). The van der Waals surface area contributed by atoms with Gasteiger partial charge in [-0.05, 0) is 19.8 Å². The highest BCUT2D eigenvalue weighted by Gasteiger charge is 2.11. The van der Waals surface area contributed by atoms with Gasteiger partial charge in [0.25, 0.3) is 0 Å². The van der Waals surface area contributed by atoms with E-state index < -0.39 is 0 Å². The number of hydrogen-bond acceptors (Lipinski definition) is 1. The van der Waals surface area contributed by atoms with Crippen LogP contribution in [0.5, 0.6) is 0 Å². The second-order valence-electron chi connectivity index (χ2n) is 4.42. The molecule has 0 aromatic carbocycles. The fourth-order valence-electron chi connectivity index (χ4n) is 1.89. The highest BCUT2D eigenvalue weighted by Crippen LogP contribution is 2.28. The number of allylic oxidation sites excluding steroid dienone is 1. The molecule has 1 atom stereocenters. The van der Waals surface area contributed by atoms with Crippen molar-refractivity contribution in [2.75, 3.05) is 5.75 Å². The first-order chi connectivity index (χ1) is 6.83. The first-order valence-corrected chi connectivity index (χ1v) is 7.15. The summed E-state index contributed by atoms with van der Waals surface area (Å²) in [5.41, 5.74) is 1.58. The first-order valence-electron chi connectivity index (χ1n) is 6.10. The lowest BCUT2D eigenvalue weighted by Gasteiger charge is -2.19. The summed E-state index contributed by atoms with van der Waals surface area (Å²) in [5, 5.41) is 0.931. The van der Waals surface area contributed by atoms with E-state index in [1.165, 1.54) is 50.7 Å². The van der Waals surface area contributed by atoms with Crippen LogP contribution in [-0.2, 0) is 0 Å². The van der Waals surface area contributed by atoms with E-state index in [0.717, 1.165) is 5.25 Å². The summed E-state index contributed by atoms with van der Waals surface area (Å²) >= 11 is 2.17. The van der Waals surface area contributed by atoms with Gasteiger partial charge < -0.3 is 0 Å². The standard InChI is InChI=1S/C13H24S/c1-3-4-5-6-7-8-13-10-9-12(2)11-14-13/h9,13H,3-8,10-11H2,1-2H3. The molecule has 1 heteroatoms. The predicted molar refractivity (Wildman–Crippen MR) is 68.0 cm³/mol. The van der Waals surface area contributed by atoms with Crippen LogP contribution in [0.15, 0.2) is 11.6 Å². The zero-order valence-electron chi connectivity index (χ0n) is 9.72. The third-order valence-corrected chi connectivity index (χ3v) is 4.43. The average Bonchev–Trinajstić information content (AvgIpc) is 2.21. The van der Waals surface area contributed by atoms with Gasteiger partial charge in [0.1, 0.15) is 0 Å². The van der Waals surface area contributed by atoms with E-state index in [2.05, 4.69) is 31.7 Å². The molecule has 0 aromatic rings. The van der Waals surface area contributed by atoms with Crippen molar-refractivity contribution in [3.05, 3.63) is 11.6 Å². The summed E-state index contributed by atoms with van der Waals surface area (Å²) in [4.78, 5) is 0. The van der Waals surface area contributed by atoms with Gasteiger partial charge in [-0.2, -0.15) is 11.8 Å². The Hall–Kier alpha value is 0.0900. The molecule has 82 valence electrons. The van der Waals surface area contributed by atoms with E-state index in [9.17, 15) is 0 Å². The fraction of sp³-hybridized carbons (Fsp3) is 0.846. The van der Waals surface area contributed by atoms with Gasteiger partial charge in [0.2, 0.25) is 0 Å². The third-order valence-electron chi connectivity index (χ3n) is 2.91. The van der Waals surface area contributed by atoms with Crippen LogP contribution in [-0.4, -0.2) is 11.0 Å². The molecule has 0 saturated heterocycles. The topological polar surface area (TPSA) is 0 Å². The summed E-state index contributed by atoms with van der Waals surface area (Å²) in [6.45, 7) is 4.54. The molecule has 14 heavy (non-hydrogen) atoms. The molecule has 1 unspecified atom stereocenters. The van der Waals surface area contributed by atoms with Crippen LogP contribution < -0.4 is 0 Å². The van der Waals surface area contributed by atoms with E-state index in [4.69, 9.17) is 0 Å². The van der Waals surface area contributed by atoms with Crippen LogP contribution in [0.1, 0.15) is 58.8 Å². The number of hydrogen-bond donors (Lipinski definition) is 0. The fourth-order valence-corrected chi connectivity index (χ4v) is 3.07. The minimum absolute atomic E-state index is 0.931. The Morgan fingerprint density at radius 3 is 2.71 bits per heavy atom. The van der Waals surface area contributed by atoms with Crippen molar-refractivity contribution in [3.8, 4) is 0 Å². The lowest BCUT2D eigenvalue weighted by Crippen LogP contribution is -2.07. The number of thioether (sulfide) groups is 1. The van der Waals surface area contributed by atoms with Gasteiger partial charge in [-0.1, -0.05) is 50.7 Å². The lowest BCUT2D eigenvalue weighted by atomic mass is 10.1. The summed E-state index contributed by atoms with van der Waals surface area (Å²) in [6.07, 6.45) is 12.3. The Kier molecular flexibility index (Phi) is 6.42. The monoisotopic (exact) mass is 212 g/mol. The van der Waals surface area contributed by atoms with Gasteiger partial charge >= 0.3 is 0 Å². The van der Waals surface area contributed by atoms with Crippen molar-refractivity contribution in [3.63, 3.8) is 0 Å². The van der Waals surface area contributed by atoms with E-state index in [0.29, 0.717) is 0 Å². The maximum Gasteiger partial charge on any atom is 0.0143 e. The number of unbranched alkanes of at least 4 members (excludes halogenated alkanes) is 4. The van der Waals surface area contributed by atoms with Gasteiger partial charge in [0, 0.05) is 11.0 Å². The first kappa shape index (κ1) is 12.2. The molecular formula is C13H24S. The summed E-state index contributed by atoms with van der Waals surface area (Å²) in [7, 11) is 0. The number of rotatable bonds is 6. The molecule has 0 saturated carbocycles. The highest BCUT2D eigenvalue weighted by molar-refractivity contribution is 8.00. The molecule has 1 heterocycles. The Bertz CT molecular complexity index is 172. The van der Waals surface area contributed by atoms with Crippen molar-refractivity contribution in [2.45, 2.75) is 64.0 Å². The van der Waals surface area contributed by atoms with Gasteiger partial charge in [0.15, 0.2) is 0 Å². The molecule has 0 spiro atoms. The Morgan fingerprint density at radius 2 is 2.07 bits per heavy atom. The van der Waals surface area contributed by atoms with Gasteiger partial charge in [-0.15, -0.1) is 0 Å². The largest absolute Gasteiger partial charge is 0.154 e. The maximum absolute atomic E-state index is 2.44. The Balaban J connectivity index is 1.97. The molecule has 0 nitrogen and oxygen atoms in total. The second kappa shape index (κ2) is 7.39.